The van der Waals surface area contributed by atoms with Gasteiger partial charge in [-0.25, -0.2) is 0 Å². The van der Waals surface area contributed by atoms with Crippen LogP contribution in [0.4, 0.5) is 0 Å². The minimum atomic E-state index is -1.00. The molecule has 3 aromatic carbocycles. The van der Waals surface area contributed by atoms with Crippen LogP contribution in [0.1, 0.15) is 29.2 Å². The molecule has 0 radical (unpaired) electrons. The summed E-state index contributed by atoms with van der Waals surface area (Å²) in [5.74, 6) is 0. The fourth-order valence-electron chi connectivity index (χ4n) is 3.58. The predicted molar refractivity (Wildman–Crippen MR) is 84.9 cm³/mol. The van der Waals surface area contributed by atoms with E-state index in [1.807, 2.05) is 48.5 Å². The summed E-state index contributed by atoms with van der Waals surface area (Å²) >= 11 is 0. The highest BCUT2D eigenvalue weighted by atomic mass is 16.3. The molecular formula is C19H17NO. The Morgan fingerprint density at radius 3 is 2.43 bits per heavy atom. The van der Waals surface area contributed by atoms with Crippen LogP contribution in [-0.4, -0.2) is 5.11 Å². The number of hydrogen-bond donors (Lipinski definition) is 2. The van der Waals surface area contributed by atoms with Gasteiger partial charge in [-0.2, -0.15) is 0 Å². The molecule has 104 valence electrons. The second-order valence-corrected chi connectivity index (χ2v) is 5.78. The van der Waals surface area contributed by atoms with Gasteiger partial charge in [0.25, 0.3) is 0 Å². The lowest BCUT2D eigenvalue weighted by molar-refractivity contribution is 0.0792. The van der Waals surface area contributed by atoms with E-state index in [0.29, 0.717) is 6.42 Å². The molecule has 2 unspecified atom stereocenters. The second kappa shape index (κ2) is 4.42. The second-order valence-electron chi connectivity index (χ2n) is 5.78. The van der Waals surface area contributed by atoms with Gasteiger partial charge in [0.05, 0.1) is 0 Å². The first kappa shape index (κ1) is 12.6. The molecule has 3 N–H and O–H groups in total. The topological polar surface area (TPSA) is 46.2 Å². The van der Waals surface area contributed by atoms with Crippen LogP contribution < -0.4 is 5.73 Å². The van der Waals surface area contributed by atoms with E-state index < -0.39 is 5.60 Å². The van der Waals surface area contributed by atoms with Crippen molar-refractivity contribution in [2.75, 3.05) is 0 Å². The van der Waals surface area contributed by atoms with E-state index in [0.717, 1.165) is 27.5 Å². The molecule has 4 rings (SSSR count). The molecule has 21 heavy (non-hydrogen) atoms. The highest BCUT2D eigenvalue weighted by Gasteiger charge is 2.42. The maximum absolute atomic E-state index is 11.4. The molecule has 1 aliphatic rings. The summed E-state index contributed by atoms with van der Waals surface area (Å²) in [7, 11) is 0. The van der Waals surface area contributed by atoms with E-state index in [9.17, 15) is 5.11 Å². The zero-order chi connectivity index (χ0) is 14.4. The van der Waals surface area contributed by atoms with Crippen LogP contribution in [0.2, 0.25) is 0 Å². The zero-order valence-electron chi connectivity index (χ0n) is 11.7. The van der Waals surface area contributed by atoms with Gasteiger partial charge in [0.1, 0.15) is 5.60 Å². The van der Waals surface area contributed by atoms with Crippen molar-refractivity contribution in [2.45, 2.75) is 18.1 Å². The van der Waals surface area contributed by atoms with Crippen LogP contribution in [0.15, 0.2) is 66.7 Å². The third kappa shape index (κ3) is 1.73. The molecule has 3 aromatic rings. The van der Waals surface area contributed by atoms with Gasteiger partial charge in [-0.15, -0.1) is 0 Å². The maximum atomic E-state index is 11.4. The normalized spacial score (nSPS) is 24.2. The quantitative estimate of drug-likeness (QED) is 0.714. The monoisotopic (exact) mass is 275 g/mol. The number of nitrogens with two attached hydrogens (primary N) is 1. The molecule has 0 saturated carbocycles. The van der Waals surface area contributed by atoms with E-state index >= 15 is 0 Å². The van der Waals surface area contributed by atoms with Crippen molar-refractivity contribution in [2.24, 2.45) is 5.73 Å². The lowest BCUT2D eigenvalue weighted by Crippen LogP contribution is -2.25. The van der Waals surface area contributed by atoms with Crippen molar-refractivity contribution in [1.82, 2.24) is 0 Å². The lowest BCUT2D eigenvalue weighted by atomic mass is 9.84. The molecule has 0 bridgehead atoms. The van der Waals surface area contributed by atoms with Gasteiger partial charge in [-0.3, -0.25) is 0 Å². The molecule has 2 heteroatoms. The third-order valence-corrected chi connectivity index (χ3v) is 4.56. The van der Waals surface area contributed by atoms with Gasteiger partial charge in [-0.1, -0.05) is 66.7 Å². The molecule has 0 saturated heterocycles. The molecular weight excluding hydrogens is 258 g/mol. The van der Waals surface area contributed by atoms with Crippen LogP contribution in [-0.2, 0) is 5.60 Å². The largest absolute Gasteiger partial charge is 0.380 e. The lowest BCUT2D eigenvalue weighted by Gasteiger charge is -2.26. The summed E-state index contributed by atoms with van der Waals surface area (Å²) in [5.41, 5.74) is 8.17. The number of aliphatic hydroxyl groups is 1. The third-order valence-electron chi connectivity index (χ3n) is 4.56. The van der Waals surface area contributed by atoms with Gasteiger partial charge in [0.15, 0.2) is 0 Å². The Bertz CT molecular complexity index is 821. The van der Waals surface area contributed by atoms with Crippen molar-refractivity contribution in [1.29, 1.82) is 0 Å². The molecule has 0 aliphatic heterocycles. The molecule has 1 aliphatic carbocycles. The fourth-order valence-corrected chi connectivity index (χ4v) is 3.58. The molecule has 0 fully saturated rings. The Hall–Kier alpha value is -2.16. The zero-order valence-corrected chi connectivity index (χ0v) is 11.7. The van der Waals surface area contributed by atoms with Crippen molar-refractivity contribution in [3.05, 3.63) is 83.4 Å². The van der Waals surface area contributed by atoms with E-state index in [-0.39, 0.29) is 6.04 Å². The van der Waals surface area contributed by atoms with Gasteiger partial charge in [0.2, 0.25) is 0 Å². The SMILES string of the molecule is NC1CC(O)(c2cccc3ccccc23)c2ccccc21. The molecule has 0 amide bonds. The highest BCUT2D eigenvalue weighted by Crippen LogP contribution is 2.47. The highest BCUT2D eigenvalue weighted by molar-refractivity contribution is 5.87. The summed E-state index contributed by atoms with van der Waals surface area (Å²) < 4.78 is 0. The Morgan fingerprint density at radius 2 is 1.52 bits per heavy atom. The smallest absolute Gasteiger partial charge is 0.117 e. The minimum absolute atomic E-state index is 0.120. The van der Waals surface area contributed by atoms with E-state index in [1.54, 1.807) is 0 Å². The molecule has 0 spiro atoms. The summed E-state index contributed by atoms with van der Waals surface area (Å²) in [6.45, 7) is 0. The van der Waals surface area contributed by atoms with E-state index in [2.05, 4.69) is 18.2 Å². The molecule has 0 heterocycles. The summed E-state index contributed by atoms with van der Waals surface area (Å²) in [5, 5.41) is 13.6. The standard InChI is InChI=1S/C19H17NO/c20-18-12-19(21,17-10-4-3-9-15(17)18)16-11-5-7-13-6-1-2-8-14(13)16/h1-11,18,21H,12,20H2. The van der Waals surface area contributed by atoms with E-state index in [1.165, 1.54) is 0 Å². The van der Waals surface area contributed by atoms with Crippen LogP contribution >= 0.6 is 0 Å². The first-order chi connectivity index (χ1) is 10.2. The maximum Gasteiger partial charge on any atom is 0.117 e. The number of hydrogen-bond acceptors (Lipinski definition) is 2. The van der Waals surface area contributed by atoms with Crippen LogP contribution in [0.3, 0.4) is 0 Å². The Morgan fingerprint density at radius 1 is 0.857 bits per heavy atom. The van der Waals surface area contributed by atoms with Crippen molar-refractivity contribution < 1.29 is 5.11 Å². The van der Waals surface area contributed by atoms with Crippen molar-refractivity contribution in [3.8, 4) is 0 Å². The number of benzene rings is 3. The van der Waals surface area contributed by atoms with Gasteiger partial charge >= 0.3 is 0 Å². The molecule has 2 nitrogen and oxygen atoms in total. The average molecular weight is 275 g/mol. The Balaban J connectivity index is 2.01. The predicted octanol–water partition coefficient (Wildman–Crippen LogP) is 3.48. The Kier molecular flexibility index (Phi) is 2.64. The van der Waals surface area contributed by atoms with Crippen molar-refractivity contribution in [3.63, 3.8) is 0 Å². The first-order valence-corrected chi connectivity index (χ1v) is 7.26. The Labute approximate surface area is 123 Å². The summed E-state index contributed by atoms with van der Waals surface area (Å²) in [4.78, 5) is 0. The first-order valence-electron chi connectivity index (χ1n) is 7.26. The van der Waals surface area contributed by atoms with E-state index in [4.69, 9.17) is 5.73 Å². The number of rotatable bonds is 1. The summed E-state index contributed by atoms with van der Waals surface area (Å²) in [6.07, 6.45) is 0.528. The average Bonchev–Trinajstić information content (AvgIpc) is 2.80. The molecule has 0 aromatic heterocycles. The van der Waals surface area contributed by atoms with Crippen molar-refractivity contribution >= 4 is 10.8 Å². The van der Waals surface area contributed by atoms with Gasteiger partial charge in [0, 0.05) is 12.5 Å². The van der Waals surface area contributed by atoms with Crippen LogP contribution in [0.5, 0.6) is 0 Å². The van der Waals surface area contributed by atoms with Crippen LogP contribution in [0, 0.1) is 0 Å². The van der Waals surface area contributed by atoms with Gasteiger partial charge in [-0.05, 0) is 27.5 Å². The molecule has 2 atom stereocenters. The summed E-state index contributed by atoms with van der Waals surface area (Å²) in [6, 6.07) is 22.1. The van der Waals surface area contributed by atoms with Gasteiger partial charge < -0.3 is 10.8 Å². The fraction of sp³-hybridized carbons (Fsp3) is 0.158. The number of fused-ring (bicyclic) bond motifs is 2. The van der Waals surface area contributed by atoms with Crippen LogP contribution in [0.25, 0.3) is 10.8 Å². The minimum Gasteiger partial charge on any atom is -0.380 e.